The van der Waals surface area contributed by atoms with Gasteiger partial charge in [0.2, 0.25) is 0 Å². The highest BCUT2D eigenvalue weighted by atomic mass is 16.5. The quantitative estimate of drug-likeness (QED) is 0.735. The van der Waals surface area contributed by atoms with Gasteiger partial charge in [-0.2, -0.15) is 0 Å². The van der Waals surface area contributed by atoms with Crippen LogP contribution in [0.3, 0.4) is 0 Å². The highest BCUT2D eigenvalue weighted by Crippen LogP contribution is 2.22. The summed E-state index contributed by atoms with van der Waals surface area (Å²) in [6.07, 6.45) is 1.11. The Labute approximate surface area is 120 Å². The van der Waals surface area contributed by atoms with Crippen molar-refractivity contribution >= 4 is 0 Å². The summed E-state index contributed by atoms with van der Waals surface area (Å²) in [5.74, 6) is 0.962. The minimum Gasteiger partial charge on any atom is -0.507 e. The lowest BCUT2D eigenvalue weighted by Crippen LogP contribution is -2.37. The molecule has 0 bridgehead atoms. The molecular weight excluding hydrogens is 256 g/mol. The van der Waals surface area contributed by atoms with Crippen LogP contribution in [0.1, 0.15) is 12.0 Å². The third-order valence-corrected chi connectivity index (χ3v) is 3.54. The molecule has 0 amide bonds. The lowest BCUT2D eigenvalue weighted by molar-refractivity contribution is 0.0374. The average molecular weight is 280 g/mol. The van der Waals surface area contributed by atoms with E-state index in [-0.39, 0.29) is 5.75 Å². The van der Waals surface area contributed by atoms with E-state index in [1.54, 1.807) is 13.2 Å². The number of ether oxygens (including phenoxy) is 2. The summed E-state index contributed by atoms with van der Waals surface area (Å²) < 4.78 is 10.4. The third kappa shape index (κ3) is 4.67. The second-order valence-electron chi connectivity index (χ2n) is 4.98. The maximum Gasteiger partial charge on any atom is 0.123 e. The van der Waals surface area contributed by atoms with Crippen molar-refractivity contribution in [2.24, 2.45) is 0 Å². The molecule has 0 atom stereocenters. The molecule has 0 radical (unpaired) electrons. The Kier molecular flexibility index (Phi) is 6.11. The van der Waals surface area contributed by atoms with Gasteiger partial charge in [-0.3, -0.25) is 4.90 Å². The van der Waals surface area contributed by atoms with E-state index in [9.17, 15) is 5.11 Å². The Hall–Kier alpha value is -1.30. The van der Waals surface area contributed by atoms with Crippen molar-refractivity contribution in [3.05, 3.63) is 23.8 Å². The summed E-state index contributed by atoms with van der Waals surface area (Å²) >= 11 is 0. The molecule has 0 aliphatic carbocycles. The van der Waals surface area contributed by atoms with E-state index < -0.39 is 0 Å². The normalized spacial score (nSPS) is 16.2. The van der Waals surface area contributed by atoms with Gasteiger partial charge in [-0.15, -0.1) is 0 Å². The number of rotatable bonds is 7. The minimum atomic E-state index is 0.282. The van der Waals surface area contributed by atoms with Gasteiger partial charge < -0.3 is 19.9 Å². The summed E-state index contributed by atoms with van der Waals surface area (Å²) in [6, 6.07) is 5.40. The SMILES string of the molecule is COc1ccc(CNCCCN2CCOCC2)c(O)c1. The Bertz CT molecular complexity index is 406. The van der Waals surface area contributed by atoms with Crippen molar-refractivity contribution in [2.45, 2.75) is 13.0 Å². The van der Waals surface area contributed by atoms with Crippen molar-refractivity contribution in [1.82, 2.24) is 10.2 Å². The van der Waals surface area contributed by atoms with Crippen LogP contribution in [0.5, 0.6) is 11.5 Å². The van der Waals surface area contributed by atoms with Gasteiger partial charge in [-0.25, -0.2) is 0 Å². The predicted octanol–water partition coefficient (Wildman–Crippen LogP) is 1.21. The fourth-order valence-corrected chi connectivity index (χ4v) is 2.30. The van der Waals surface area contributed by atoms with Crippen molar-refractivity contribution < 1.29 is 14.6 Å². The van der Waals surface area contributed by atoms with Gasteiger partial charge in [-0.1, -0.05) is 6.07 Å². The zero-order chi connectivity index (χ0) is 14.2. The number of nitrogens with zero attached hydrogens (tertiary/aromatic N) is 1. The fraction of sp³-hybridized carbons (Fsp3) is 0.600. The number of phenols is 1. The zero-order valence-electron chi connectivity index (χ0n) is 12.1. The lowest BCUT2D eigenvalue weighted by Gasteiger charge is -2.26. The van der Waals surface area contributed by atoms with Gasteiger partial charge in [0, 0.05) is 31.3 Å². The van der Waals surface area contributed by atoms with E-state index in [0.29, 0.717) is 12.3 Å². The number of methoxy groups -OCH3 is 1. The van der Waals surface area contributed by atoms with Crippen LogP contribution in [0, 0.1) is 0 Å². The fourth-order valence-electron chi connectivity index (χ4n) is 2.30. The third-order valence-electron chi connectivity index (χ3n) is 3.54. The van der Waals surface area contributed by atoms with Crippen LogP contribution in [0.2, 0.25) is 0 Å². The number of hydrogen-bond donors (Lipinski definition) is 2. The first-order chi connectivity index (χ1) is 9.79. The van der Waals surface area contributed by atoms with Crippen LogP contribution in [0.25, 0.3) is 0 Å². The minimum absolute atomic E-state index is 0.282. The van der Waals surface area contributed by atoms with Crippen molar-refractivity contribution in [2.75, 3.05) is 46.5 Å². The molecule has 0 unspecified atom stereocenters. The molecule has 5 heteroatoms. The molecule has 1 aromatic carbocycles. The highest BCUT2D eigenvalue weighted by molar-refractivity contribution is 5.39. The second kappa shape index (κ2) is 8.09. The van der Waals surface area contributed by atoms with Crippen molar-refractivity contribution in [3.8, 4) is 11.5 Å². The molecule has 20 heavy (non-hydrogen) atoms. The first-order valence-corrected chi connectivity index (χ1v) is 7.16. The number of morpholine rings is 1. The molecular formula is C15H24N2O3. The van der Waals surface area contributed by atoms with Crippen molar-refractivity contribution in [1.29, 1.82) is 0 Å². The molecule has 0 spiro atoms. The molecule has 5 nitrogen and oxygen atoms in total. The van der Waals surface area contributed by atoms with Gasteiger partial charge in [0.1, 0.15) is 11.5 Å². The van der Waals surface area contributed by atoms with E-state index in [2.05, 4.69) is 10.2 Å². The van der Waals surface area contributed by atoms with E-state index in [1.165, 1.54) is 0 Å². The predicted molar refractivity (Wildman–Crippen MR) is 78.2 cm³/mol. The molecule has 1 aliphatic rings. The van der Waals surface area contributed by atoms with Crippen LogP contribution in [-0.2, 0) is 11.3 Å². The maximum absolute atomic E-state index is 9.84. The standard InChI is InChI=1S/C15H24N2O3/c1-19-14-4-3-13(15(18)11-14)12-16-5-2-6-17-7-9-20-10-8-17/h3-4,11,16,18H,2,5-10,12H2,1H3. The molecule has 0 aromatic heterocycles. The van der Waals surface area contributed by atoms with E-state index in [1.807, 2.05) is 12.1 Å². The van der Waals surface area contributed by atoms with Gasteiger partial charge in [-0.05, 0) is 25.6 Å². The molecule has 2 rings (SSSR count). The topological polar surface area (TPSA) is 54.0 Å². The number of nitrogens with one attached hydrogen (secondary N) is 1. The van der Waals surface area contributed by atoms with Crippen LogP contribution >= 0.6 is 0 Å². The molecule has 2 N–H and O–H groups in total. The first kappa shape index (κ1) is 15.1. The monoisotopic (exact) mass is 280 g/mol. The molecule has 1 fully saturated rings. The Morgan fingerprint density at radius 3 is 2.85 bits per heavy atom. The largest absolute Gasteiger partial charge is 0.507 e. The van der Waals surface area contributed by atoms with Crippen LogP contribution in [0.4, 0.5) is 0 Å². The number of aromatic hydroxyl groups is 1. The molecule has 1 heterocycles. The van der Waals surface area contributed by atoms with Crippen LogP contribution in [-0.4, -0.2) is 56.5 Å². The summed E-state index contributed by atoms with van der Waals surface area (Å²) in [6.45, 7) is 6.52. The molecule has 1 aliphatic heterocycles. The van der Waals surface area contributed by atoms with Gasteiger partial charge in [0.25, 0.3) is 0 Å². The maximum atomic E-state index is 9.84. The summed E-state index contributed by atoms with van der Waals surface area (Å²) in [5, 5.41) is 13.2. The Morgan fingerprint density at radius 1 is 1.35 bits per heavy atom. The van der Waals surface area contributed by atoms with Crippen LogP contribution in [0.15, 0.2) is 18.2 Å². The van der Waals surface area contributed by atoms with Gasteiger partial charge in [0.15, 0.2) is 0 Å². The smallest absolute Gasteiger partial charge is 0.123 e. The molecule has 0 saturated carbocycles. The highest BCUT2D eigenvalue weighted by Gasteiger charge is 2.09. The Balaban J connectivity index is 1.63. The first-order valence-electron chi connectivity index (χ1n) is 7.16. The van der Waals surface area contributed by atoms with Crippen molar-refractivity contribution in [3.63, 3.8) is 0 Å². The van der Waals surface area contributed by atoms with E-state index >= 15 is 0 Å². The summed E-state index contributed by atoms with van der Waals surface area (Å²) in [4.78, 5) is 2.43. The van der Waals surface area contributed by atoms with E-state index in [0.717, 1.165) is 51.4 Å². The van der Waals surface area contributed by atoms with Gasteiger partial charge in [0.05, 0.1) is 20.3 Å². The summed E-state index contributed by atoms with van der Waals surface area (Å²) in [7, 11) is 1.60. The van der Waals surface area contributed by atoms with Gasteiger partial charge >= 0.3 is 0 Å². The summed E-state index contributed by atoms with van der Waals surface area (Å²) in [5.41, 5.74) is 0.900. The molecule has 1 aromatic rings. The van der Waals surface area contributed by atoms with Crippen LogP contribution < -0.4 is 10.1 Å². The number of benzene rings is 1. The molecule has 1 saturated heterocycles. The molecule has 112 valence electrons. The second-order valence-corrected chi connectivity index (χ2v) is 4.98. The lowest BCUT2D eigenvalue weighted by atomic mass is 10.2. The van der Waals surface area contributed by atoms with E-state index in [4.69, 9.17) is 9.47 Å². The Morgan fingerprint density at radius 2 is 2.15 bits per heavy atom. The number of hydrogen-bond acceptors (Lipinski definition) is 5. The average Bonchev–Trinajstić information content (AvgIpc) is 2.49. The number of phenolic OH excluding ortho intramolecular Hbond substituents is 1. The zero-order valence-corrected chi connectivity index (χ0v) is 12.1.